The Kier molecular flexibility index (Phi) is 5.36. The first-order valence-electron chi connectivity index (χ1n) is 4.86. The summed E-state index contributed by atoms with van der Waals surface area (Å²) in [7, 11) is 0. The predicted molar refractivity (Wildman–Crippen MR) is 58.2 cm³/mol. The summed E-state index contributed by atoms with van der Waals surface area (Å²) >= 11 is 5.64. The molecule has 0 saturated heterocycles. The molecular formula is C10H15ClN2O2. The normalized spacial score (nSPS) is 10.7. The van der Waals surface area contributed by atoms with Crippen molar-refractivity contribution in [2.75, 3.05) is 19.8 Å². The van der Waals surface area contributed by atoms with Gasteiger partial charge in [0.25, 0.3) is 0 Å². The quantitative estimate of drug-likeness (QED) is 0.703. The fourth-order valence-electron chi connectivity index (χ4n) is 0.919. The topological polar surface area (TPSA) is 44.2 Å². The van der Waals surface area contributed by atoms with Gasteiger partial charge in [0.15, 0.2) is 5.15 Å². The van der Waals surface area contributed by atoms with E-state index in [1.807, 2.05) is 0 Å². The second kappa shape index (κ2) is 6.58. The average Bonchev–Trinajstić information content (AvgIpc) is 2.17. The molecule has 0 N–H and O–H groups in total. The number of nitrogens with zero attached hydrogens (tertiary/aromatic N) is 2. The minimum atomic E-state index is 0.329. The van der Waals surface area contributed by atoms with Crippen LogP contribution in [-0.2, 0) is 4.74 Å². The molecule has 0 bridgehead atoms. The van der Waals surface area contributed by atoms with Crippen molar-refractivity contribution in [1.29, 1.82) is 0 Å². The minimum absolute atomic E-state index is 0.329. The van der Waals surface area contributed by atoms with E-state index in [0.717, 1.165) is 6.61 Å². The van der Waals surface area contributed by atoms with Crippen molar-refractivity contribution in [2.45, 2.75) is 13.8 Å². The highest BCUT2D eigenvalue weighted by Crippen LogP contribution is 2.08. The van der Waals surface area contributed by atoms with Gasteiger partial charge in [-0.25, -0.2) is 0 Å². The summed E-state index contributed by atoms with van der Waals surface area (Å²) in [6.07, 6.45) is 2.98. The van der Waals surface area contributed by atoms with Crippen molar-refractivity contribution in [3.8, 4) is 5.88 Å². The molecule has 0 spiro atoms. The van der Waals surface area contributed by atoms with Crippen LogP contribution in [0.5, 0.6) is 5.88 Å². The highest BCUT2D eigenvalue weighted by atomic mass is 35.5. The van der Waals surface area contributed by atoms with Crippen LogP contribution in [0.15, 0.2) is 12.4 Å². The van der Waals surface area contributed by atoms with E-state index in [-0.39, 0.29) is 0 Å². The fourth-order valence-corrected chi connectivity index (χ4v) is 1.06. The summed E-state index contributed by atoms with van der Waals surface area (Å²) in [6, 6.07) is 0. The van der Waals surface area contributed by atoms with Crippen molar-refractivity contribution in [3.05, 3.63) is 17.5 Å². The van der Waals surface area contributed by atoms with Gasteiger partial charge >= 0.3 is 0 Å². The molecule has 15 heavy (non-hydrogen) atoms. The molecule has 5 heteroatoms. The molecule has 0 fully saturated rings. The van der Waals surface area contributed by atoms with Crippen LogP contribution in [0.25, 0.3) is 0 Å². The molecule has 1 aromatic rings. The Morgan fingerprint density at radius 3 is 2.80 bits per heavy atom. The number of ether oxygens (including phenoxy) is 2. The van der Waals surface area contributed by atoms with Gasteiger partial charge in [-0.05, 0) is 5.92 Å². The van der Waals surface area contributed by atoms with Gasteiger partial charge in [-0.2, -0.15) is 4.98 Å². The van der Waals surface area contributed by atoms with Crippen molar-refractivity contribution in [3.63, 3.8) is 0 Å². The largest absolute Gasteiger partial charge is 0.474 e. The fraction of sp³-hybridized carbons (Fsp3) is 0.600. The molecule has 1 rings (SSSR count). The van der Waals surface area contributed by atoms with E-state index >= 15 is 0 Å². The van der Waals surface area contributed by atoms with Gasteiger partial charge in [-0.15, -0.1) is 0 Å². The molecular weight excluding hydrogens is 216 g/mol. The third-order valence-electron chi connectivity index (χ3n) is 1.51. The van der Waals surface area contributed by atoms with Gasteiger partial charge in [0.2, 0.25) is 5.88 Å². The highest BCUT2D eigenvalue weighted by molar-refractivity contribution is 6.29. The standard InChI is InChI=1S/C10H15ClN2O2/c1-8(2)7-14-3-4-15-10-6-12-5-9(11)13-10/h5-6,8H,3-4,7H2,1-2H3. The van der Waals surface area contributed by atoms with Crippen LogP contribution in [0.4, 0.5) is 0 Å². The maximum absolute atomic E-state index is 5.64. The molecule has 1 aromatic heterocycles. The molecule has 0 saturated carbocycles. The monoisotopic (exact) mass is 230 g/mol. The zero-order valence-electron chi connectivity index (χ0n) is 8.94. The van der Waals surface area contributed by atoms with Crippen LogP contribution in [0.3, 0.4) is 0 Å². The summed E-state index contributed by atoms with van der Waals surface area (Å²) < 4.78 is 10.6. The van der Waals surface area contributed by atoms with Gasteiger partial charge in [-0.3, -0.25) is 4.98 Å². The van der Waals surface area contributed by atoms with E-state index in [9.17, 15) is 0 Å². The lowest BCUT2D eigenvalue weighted by Gasteiger charge is -2.07. The summed E-state index contributed by atoms with van der Waals surface area (Å²) in [5.41, 5.74) is 0. The van der Waals surface area contributed by atoms with E-state index < -0.39 is 0 Å². The first-order valence-corrected chi connectivity index (χ1v) is 5.24. The number of hydrogen-bond donors (Lipinski definition) is 0. The summed E-state index contributed by atoms with van der Waals surface area (Å²) in [4.78, 5) is 7.78. The lowest BCUT2D eigenvalue weighted by atomic mass is 10.2. The molecule has 84 valence electrons. The molecule has 0 aromatic carbocycles. The zero-order chi connectivity index (χ0) is 11.1. The molecule has 4 nitrogen and oxygen atoms in total. The molecule has 0 unspecified atom stereocenters. The summed E-state index contributed by atoms with van der Waals surface area (Å²) in [5, 5.41) is 0.329. The van der Waals surface area contributed by atoms with Crippen LogP contribution in [0.2, 0.25) is 5.15 Å². The zero-order valence-corrected chi connectivity index (χ0v) is 9.70. The minimum Gasteiger partial charge on any atom is -0.474 e. The second-order valence-corrected chi connectivity index (χ2v) is 3.88. The van der Waals surface area contributed by atoms with Gasteiger partial charge < -0.3 is 9.47 Å². The van der Waals surface area contributed by atoms with Gasteiger partial charge in [-0.1, -0.05) is 25.4 Å². The Morgan fingerprint density at radius 1 is 1.33 bits per heavy atom. The lowest BCUT2D eigenvalue weighted by Crippen LogP contribution is -2.10. The van der Waals surface area contributed by atoms with Gasteiger partial charge in [0.05, 0.1) is 19.0 Å². The van der Waals surface area contributed by atoms with E-state index in [4.69, 9.17) is 21.1 Å². The Morgan fingerprint density at radius 2 is 2.13 bits per heavy atom. The average molecular weight is 231 g/mol. The van der Waals surface area contributed by atoms with Crippen molar-refractivity contribution < 1.29 is 9.47 Å². The molecule has 0 aliphatic heterocycles. The Balaban J connectivity index is 2.15. The van der Waals surface area contributed by atoms with Crippen LogP contribution in [-0.4, -0.2) is 29.8 Å². The number of aromatic nitrogens is 2. The Hall–Kier alpha value is -0.870. The molecule has 0 atom stereocenters. The van der Waals surface area contributed by atoms with E-state index in [2.05, 4.69) is 23.8 Å². The Bertz CT molecular complexity index is 295. The molecule has 0 amide bonds. The van der Waals surface area contributed by atoms with Crippen molar-refractivity contribution in [2.24, 2.45) is 5.92 Å². The van der Waals surface area contributed by atoms with E-state index in [1.54, 1.807) is 0 Å². The molecule has 1 heterocycles. The first-order chi connectivity index (χ1) is 7.18. The smallest absolute Gasteiger partial charge is 0.233 e. The predicted octanol–water partition coefficient (Wildman–Crippen LogP) is 2.18. The summed E-state index contributed by atoms with van der Waals surface area (Å²) in [6.45, 7) is 5.95. The van der Waals surface area contributed by atoms with Gasteiger partial charge in [0.1, 0.15) is 6.61 Å². The third-order valence-corrected chi connectivity index (χ3v) is 1.69. The van der Waals surface area contributed by atoms with Crippen LogP contribution < -0.4 is 4.74 Å². The molecule has 0 aliphatic rings. The number of halogens is 1. The lowest BCUT2D eigenvalue weighted by molar-refractivity contribution is 0.0805. The molecule has 0 aliphatic carbocycles. The Labute approximate surface area is 94.6 Å². The van der Waals surface area contributed by atoms with Crippen molar-refractivity contribution in [1.82, 2.24) is 9.97 Å². The number of rotatable bonds is 6. The van der Waals surface area contributed by atoms with E-state index in [0.29, 0.717) is 30.2 Å². The molecule has 0 radical (unpaired) electrons. The van der Waals surface area contributed by atoms with Crippen LogP contribution >= 0.6 is 11.6 Å². The maximum atomic E-state index is 5.64. The second-order valence-electron chi connectivity index (χ2n) is 3.50. The van der Waals surface area contributed by atoms with Crippen LogP contribution in [0.1, 0.15) is 13.8 Å². The first kappa shape index (κ1) is 12.2. The summed E-state index contributed by atoms with van der Waals surface area (Å²) in [5.74, 6) is 0.964. The number of hydrogen-bond acceptors (Lipinski definition) is 4. The van der Waals surface area contributed by atoms with E-state index in [1.165, 1.54) is 12.4 Å². The van der Waals surface area contributed by atoms with Crippen molar-refractivity contribution >= 4 is 11.6 Å². The maximum Gasteiger partial charge on any atom is 0.233 e. The van der Waals surface area contributed by atoms with Gasteiger partial charge in [0, 0.05) is 6.61 Å². The SMILES string of the molecule is CC(C)COCCOc1cncc(Cl)n1. The van der Waals surface area contributed by atoms with Crippen LogP contribution in [0, 0.1) is 5.92 Å². The highest BCUT2D eigenvalue weighted by Gasteiger charge is 1.98. The third kappa shape index (κ3) is 5.54.